The van der Waals surface area contributed by atoms with Gasteiger partial charge < -0.3 is 5.11 Å². The van der Waals surface area contributed by atoms with E-state index in [1.165, 1.54) is 0 Å². The summed E-state index contributed by atoms with van der Waals surface area (Å²) in [5, 5.41) is 20.0. The number of nitro benzene ring substituents is 1. The third-order valence-corrected chi connectivity index (χ3v) is 4.35. The third kappa shape index (κ3) is 2.67. The highest BCUT2D eigenvalue weighted by Gasteiger charge is 2.29. The Bertz CT molecular complexity index is 594. The largest absolute Gasteiger partial charge is 0.502 e. The highest BCUT2D eigenvalue weighted by Crippen LogP contribution is 2.30. The van der Waals surface area contributed by atoms with E-state index in [0.717, 1.165) is 29.1 Å². The molecule has 0 amide bonds. The van der Waals surface area contributed by atoms with Crippen LogP contribution in [-0.2, 0) is 14.9 Å². The summed E-state index contributed by atoms with van der Waals surface area (Å²) >= 11 is 0. The molecule has 0 aliphatic carbocycles. The summed E-state index contributed by atoms with van der Waals surface area (Å²) in [6.45, 7) is 0.496. The van der Waals surface area contributed by atoms with Crippen molar-refractivity contribution in [2.24, 2.45) is 0 Å². The molecular formula is C10H12N2O6S. The summed E-state index contributed by atoms with van der Waals surface area (Å²) in [5.74, 6) is -0.580. The maximum absolute atomic E-state index is 12.2. The van der Waals surface area contributed by atoms with Crippen LogP contribution < -0.4 is 0 Å². The lowest BCUT2D eigenvalue weighted by Gasteiger charge is -2.25. The van der Waals surface area contributed by atoms with Crippen molar-refractivity contribution >= 4 is 15.7 Å². The van der Waals surface area contributed by atoms with Crippen LogP contribution >= 0.6 is 0 Å². The Morgan fingerprint density at radius 2 is 2.11 bits per heavy atom. The fourth-order valence-electron chi connectivity index (χ4n) is 1.69. The number of benzene rings is 1. The second-order valence-electron chi connectivity index (χ2n) is 3.98. The van der Waals surface area contributed by atoms with Gasteiger partial charge in [-0.25, -0.2) is 8.42 Å². The van der Waals surface area contributed by atoms with Crippen molar-refractivity contribution in [1.82, 2.24) is 4.47 Å². The smallest absolute Gasteiger partial charge is 0.312 e. The summed E-state index contributed by atoms with van der Waals surface area (Å²) < 4.78 is 25.2. The van der Waals surface area contributed by atoms with Gasteiger partial charge in [0.1, 0.15) is 0 Å². The van der Waals surface area contributed by atoms with E-state index in [1.54, 1.807) is 0 Å². The molecule has 1 N–H and O–H groups in total. The standard InChI is InChI=1S/C10H12N2O6S/c13-10-4-3-8(7-9(10)12(14)15)19(16,17)11-5-1-2-6-18-11/h3-4,7,13H,1-2,5-6H2. The number of rotatable bonds is 3. The molecule has 1 aliphatic rings. The second kappa shape index (κ2) is 5.11. The summed E-state index contributed by atoms with van der Waals surface area (Å²) in [5.41, 5.74) is -0.655. The van der Waals surface area contributed by atoms with Crippen molar-refractivity contribution in [3.05, 3.63) is 28.3 Å². The molecule has 1 fully saturated rings. The fraction of sp³-hybridized carbons (Fsp3) is 0.400. The molecule has 9 heteroatoms. The minimum absolute atomic E-state index is 0.205. The van der Waals surface area contributed by atoms with Crippen LogP contribution in [0.1, 0.15) is 12.8 Å². The average molecular weight is 288 g/mol. The molecule has 8 nitrogen and oxygen atoms in total. The van der Waals surface area contributed by atoms with Gasteiger partial charge in [-0.2, -0.15) is 0 Å². The van der Waals surface area contributed by atoms with Crippen LogP contribution in [0.5, 0.6) is 5.75 Å². The Labute approximate surface area is 109 Å². The summed E-state index contributed by atoms with van der Waals surface area (Å²) in [7, 11) is -3.94. The normalized spacial score (nSPS) is 17.3. The Kier molecular flexibility index (Phi) is 3.69. The zero-order valence-electron chi connectivity index (χ0n) is 9.85. The highest BCUT2D eigenvalue weighted by atomic mass is 32.2. The van der Waals surface area contributed by atoms with Crippen molar-refractivity contribution in [2.45, 2.75) is 17.7 Å². The maximum atomic E-state index is 12.2. The van der Waals surface area contributed by atoms with Gasteiger partial charge in [-0.1, -0.05) is 4.47 Å². The number of hydrogen-bond acceptors (Lipinski definition) is 6. The lowest BCUT2D eigenvalue weighted by Crippen LogP contribution is -2.35. The first kappa shape index (κ1) is 13.7. The summed E-state index contributed by atoms with van der Waals surface area (Å²) in [4.78, 5) is 14.6. The highest BCUT2D eigenvalue weighted by molar-refractivity contribution is 7.89. The van der Waals surface area contributed by atoms with Gasteiger partial charge in [0.25, 0.3) is 10.0 Å². The molecule has 0 bridgehead atoms. The van der Waals surface area contributed by atoms with Crippen molar-refractivity contribution in [3.8, 4) is 5.75 Å². The minimum Gasteiger partial charge on any atom is -0.502 e. The van der Waals surface area contributed by atoms with E-state index < -0.39 is 26.4 Å². The maximum Gasteiger partial charge on any atom is 0.312 e. The van der Waals surface area contributed by atoms with Gasteiger partial charge in [0.05, 0.1) is 16.4 Å². The molecule has 1 heterocycles. The first-order chi connectivity index (χ1) is 8.93. The number of sulfonamides is 1. The van der Waals surface area contributed by atoms with Gasteiger partial charge >= 0.3 is 5.69 Å². The number of aromatic hydroxyl groups is 1. The van der Waals surface area contributed by atoms with Crippen LogP contribution in [0.15, 0.2) is 23.1 Å². The molecule has 0 unspecified atom stereocenters. The van der Waals surface area contributed by atoms with Gasteiger partial charge in [-0.05, 0) is 25.0 Å². The van der Waals surface area contributed by atoms with Crippen molar-refractivity contribution in [1.29, 1.82) is 0 Å². The van der Waals surface area contributed by atoms with E-state index in [-0.39, 0.29) is 11.4 Å². The number of phenols is 1. The number of hydrogen-bond donors (Lipinski definition) is 1. The minimum atomic E-state index is -3.94. The average Bonchev–Trinajstić information content (AvgIpc) is 2.39. The van der Waals surface area contributed by atoms with Gasteiger partial charge in [0, 0.05) is 12.6 Å². The van der Waals surface area contributed by atoms with E-state index in [0.29, 0.717) is 13.0 Å². The molecule has 19 heavy (non-hydrogen) atoms. The molecule has 2 rings (SSSR count). The Morgan fingerprint density at radius 3 is 2.68 bits per heavy atom. The van der Waals surface area contributed by atoms with Crippen molar-refractivity contribution < 1.29 is 23.3 Å². The molecule has 0 radical (unpaired) electrons. The van der Waals surface area contributed by atoms with Crippen molar-refractivity contribution in [2.75, 3.05) is 13.2 Å². The first-order valence-electron chi connectivity index (χ1n) is 5.56. The number of hydroxylamine groups is 1. The van der Waals surface area contributed by atoms with Crippen molar-refractivity contribution in [3.63, 3.8) is 0 Å². The predicted molar refractivity (Wildman–Crippen MR) is 63.8 cm³/mol. The van der Waals surface area contributed by atoms with Gasteiger partial charge in [-0.15, -0.1) is 0 Å². The predicted octanol–water partition coefficient (Wildman–Crippen LogP) is 1.02. The second-order valence-corrected chi connectivity index (χ2v) is 5.81. The van der Waals surface area contributed by atoms with Gasteiger partial charge in [0.2, 0.25) is 0 Å². The molecule has 1 aromatic carbocycles. The van der Waals surface area contributed by atoms with Crippen LogP contribution in [0.25, 0.3) is 0 Å². The summed E-state index contributed by atoms with van der Waals surface area (Å²) in [6.07, 6.45) is 1.43. The molecule has 0 spiro atoms. The molecule has 0 aromatic heterocycles. The van der Waals surface area contributed by atoms with Gasteiger partial charge in [-0.3, -0.25) is 15.0 Å². The Hall–Kier alpha value is -1.71. The number of phenolic OH excluding ortho intramolecular Hbond substituents is 1. The molecule has 1 aromatic rings. The number of nitro groups is 1. The van der Waals surface area contributed by atoms with Crippen LogP contribution in [0, 0.1) is 10.1 Å². The SMILES string of the molecule is O=[N+]([O-])c1cc(S(=O)(=O)N2CCCCO2)ccc1O. The number of nitrogens with zero attached hydrogens (tertiary/aromatic N) is 2. The Balaban J connectivity index is 2.40. The van der Waals surface area contributed by atoms with E-state index in [2.05, 4.69) is 0 Å². The van der Waals surface area contributed by atoms with Gasteiger partial charge in [0.15, 0.2) is 5.75 Å². The van der Waals surface area contributed by atoms with Crippen LogP contribution in [0.2, 0.25) is 0 Å². The molecule has 104 valence electrons. The quantitative estimate of drug-likeness (QED) is 0.656. The lowest BCUT2D eigenvalue weighted by molar-refractivity contribution is -0.386. The van der Waals surface area contributed by atoms with E-state index in [4.69, 9.17) is 4.84 Å². The topological polar surface area (TPSA) is 110 Å². The Morgan fingerprint density at radius 1 is 1.37 bits per heavy atom. The zero-order valence-corrected chi connectivity index (χ0v) is 10.7. The third-order valence-electron chi connectivity index (χ3n) is 2.68. The molecule has 0 atom stereocenters. The molecule has 1 saturated heterocycles. The van der Waals surface area contributed by atoms with Crippen LogP contribution in [0.4, 0.5) is 5.69 Å². The lowest BCUT2D eigenvalue weighted by atomic mass is 10.3. The van der Waals surface area contributed by atoms with E-state index in [1.807, 2.05) is 0 Å². The summed E-state index contributed by atoms with van der Waals surface area (Å²) in [6, 6.07) is 2.91. The monoisotopic (exact) mass is 288 g/mol. The van der Waals surface area contributed by atoms with Crippen LogP contribution in [0.3, 0.4) is 0 Å². The molecule has 1 aliphatic heterocycles. The fourth-order valence-corrected chi connectivity index (χ4v) is 3.01. The first-order valence-corrected chi connectivity index (χ1v) is 7.00. The van der Waals surface area contributed by atoms with E-state index in [9.17, 15) is 23.6 Å². The molecular weight excluding hydrogens is 276 g/mol. The van der Waals surface area contributed by atoms with Crippen LogP contribution in [-0.4, -0.2) is 36.1 Å². The van der Waals surface area contributed by atoms with E-state index >= 15 is 0 Å². The molecule has 0 saturated carbocycles. The zero-order chi connectivity index (χ0) is 14.0.